The minimum atomic E-state index is -0.0856. The summed E-state index contributed by atoms with van der Waals surface area (Å²) in [5.74, 6) is 6.60. The molecule has 0 spiro atoms. The average Bonchev–Trinajstić information content (AvgIpc) is 2.45. The van der Waals surface area contributed by atoms with E-state index in [1.807, 2.05) is 49.4 Å². The second-order valence-corrected chi connectivity index (χ2v) is 6.04. The van der Waals surface area contributed by atoms with E-state index in [0.29, 0.717) is 6.61 Å². The molecule has 0 aliphatic carbocycles. The van der Waals surface area contributed by atoms with Gasteiger partial charge < -0.3 is 4.74 Å². The van der Waals surface area contributed by atoms with E-state index in [4.69, 9.17) is 10.6 Å². The molecule has 106 valence electrons. The van der Waals surface area contributed by atoms with Crippen LogP contribution in [-0.2, 0) is 0 Å². The smallest absolute Gasteiger partial charge is 0.119 e. The maximum Gasteiger partial charge on any atom is 0.119 e. The lowest BCUT2D eigenvalue weighted by atomic mass is 9.99. The van der Waals surface area contributed by atoms with Gasteiger partial charge >= 0.3 is 0 Å². The highest BCUT2D eigenvalue weighted by Crippen LogP contribution is 2.31. The van der Waals surface area contributed by atoms with E-state index in [1.54, 1.807) is 0 Å². The molecule has 3 nitrogen and oxygen atoms in total. The Bertz CT molecular complexity index is 573. The summed E-state index contributed by atoms with van der Waals surface area (Å²) in [6.45, 7) is 2.63. The Morgan fingerprint density at radius 3 is 2.45 bits per heavy atom. The molecule has 1 atom stereocenters. The molecule has 5 heteroatoms. The standard InChI is InChI=1S/C15H16Br2N2O/c1-2-20-12-6-3-10(4-7-12)15(19-18)13-9-11(16)5-8-14(13)17/h3-9,15,19H,2,18H2,1H3. The highest BCUT2D eigenvalue weighted by atomic mass is 79.9. The van der Waals surface area contributed by atoms with Gasteiger partial charge in [-0.3, -0.25) is 5.84 Å². The first-order valence-electron chi connectivity index (χ1n) is 6.29. The van der Waals surface area contributed by atoms with Crippen LogP contribution in [0.25, 0.3) is 0 Å². The van der Waals surface area contributed by atoms with E-state index >= 15 is 0 Å². The van der Waals surface area contributed by atoms with E-state index in [2.05, 4.69) is 37.3 Å². The normalized spacial score (nSPS) is 12.2. The summed E-state index contributed by atoms with van der Waals surface area (Å²) in [4.78, 5) is 0. The lowest BCUT2D eigenvalue weighted by Crippen LogP contribution is -2.29. The molecule has 3 N–H and O–H groups in total. The molecule has 2 aromatic carbocycles. The number of rotatable bonds is 5. The molecule has 0 heterocycles. The number of benzene rings is 2. The van der Waals surface area contributed by atoms with Gasteiger partial charge in [0.25, 0.3) is 0 Å². The summed E-state index contributed by atoms with van der Waals surface area (Å²) < 4.78 is 7.48. The van der Waals surface area contributed by atoms with Crippen molar-refractivity contribution in [2.24, 2.45) is 5.84 Å². The second kappa shape index (κ2) is 7.22. The Morgan fingerprint density at radius 2 is 1.85 bits per heavy atom. The molecular formula is C15H16Br2N2O. The molecule has 1 unspecified atom stereocenters. The van der Waals surface area contributed by atoms with Gasteiger partial charge in [0.05, 0.1) is 12.6 Å². The zero-order valence-electron chi connectivity index (χ0n) is 11.1. The first-order chi connectivity index (χ1) is 9.65. The van der Waals surface area contributed by atoms with E-state index in [-0.39, 0.29) is 6.04 Å². The maximum atomic E-state index is 5.74. The molecule has 2 rings (SSSR count). The molecular weight excluding hydrogens is 384 g/mol. The Kier molecular flexibility index (Phi) is 5.60. The van der Waals surface area contributed by atoms with Crippen molar-refractivity contribution in [2.45, 2.75) is 13.0 Å². The van der Waals surface area contributed by atoms with Crippen molar-refractivity contribution in [2.75, 3.05) is 6.61 Å². The van der Waals surface area contributed by atoms with E-state index in [9.17, 15) is 0 Å². The number of hydrazine groups is 1. The first-order valence-corrected chi connectivity index (χ1v) is 7.88. The van der Waals surface area contributed by atoms with Crippen molar-refractivity contribution in [1.82, 2.24) is 5.43 Å². The third-order valence-electron chi connectivity index (χ3n) is 2.96. The number of nitrogens with two attached hydrogens (primary N) is 1. The van der Waals surface area contributed by atoms with Crippen LogP contribution in [0.15, 0.2) is 51.4 Å². The summed E-state index contributed by atoms with van der Waals surface area (Å²) >= 11 is 7.06. The van der Waals surface area contributed by atoms with Gasteiger partial charge in [-0.1, -0.05) is 44.0 Å². The highest BCUT2D eigenvalue weighted by Gasteiger charge is 2.15. The molecule has 0 fully saturated rings. The fraction of sp³-hybridized carbons (Fsp3) is 0.200. The highest BCUT2D eigenvalue weighted by molar-refractivity contribution is 9.11. The average molecular weight is 400 g/mol. The van der Waals surface area contributed by atoms with Crippen molar-refractivity contribution in [3.05, 3.63) is 62.5 Å². The van der Waals surface area contributed by atoms with E-state index in [1.165, 1.54) is 0 Å². The summed E-state index contributed by atoms with van der Waals surface area (Å²) in [5, 5.41) is 0. The number of hydrogen-bond acceptors (Lipinski definition) is 3. The summed E-state index contributed by atoms with van der Waals surface area (Å²) in [6, 6.07) is 13.9. The minimum Gasteiger partial charge on any atom is -0.494 e. The molecule has 0 saturated heterocycles. The predicted octanol–water partition coefficient (Wildman–Crippen LogP) is 4.16. The third kappa shape index (κ3) is 3.61. The Morgan fingerprint density at radius 1 is 1.15 bits per heavy atom. The van der Waals surface area contributed by atoms with Crippen molar-refractivity contribution < 1.29 is 4.74 Å². The second-order valence-electron chi connectivity index (χ2n) is 4.27. The molecule has 0 radical (unpaired) electrons. The van der Waals surface area contributed by atoms with Gasteiger partial charge in [-0.15, -0.1) is 0 Å². The predicted molar refractivity (Wildman–Crippen MR) is 88.6 cm³/mol. The van der Waals surface area contributed by atoms with Gasteiger partial charge in [0.1, 0.15) is 5.75 Å². The van der Waals surface area contributed by atoms with Crippen LogP contribution < -0.4 is 16.0 Å². The van der Waals surface area contributed by atoms with Gasteiger partial charge in [-0.25, -0.2) is 5.43 Å². The number of ether oxygens (including phenoxy) is 1. The van der Waals surface area contributed by atoms with Crippen molar-refractivity contribution in [1.29, 1.82) is 0 Å². The molecule has 0 amide bonds. The summed E-state index contributed by atoms with van der Waals surface area (Å²) in [7, 11) is 0. The van der Waals surface area contributed by atoms with Crippen LogP contribution in [0.4, 0.5) is 0 Å². The van der Waals surface area contributed by atoms with Gasteiger partial charge in [0.2, 0.25) is 0 Å². The van der Waals surface area contributed by atoms with Crippen molar-refractivity contribution in [3.8, 4) is 5.75 Å². The lowest BCUT2D eigenvalue weighted by Gasteiger charge is -2.19. The van der Waals surface area contributed by atoms with Gasteiger partial charge in [0.15, 0.2) is 0 Å². The van der Waals surface area contributed by atoms with Crippen LogP contribution in [0.1, 0.15) is 24.1 Å². The zero-order valence-corrected chi connectivity index (χ0v) is 14.2. The van der Waals surface area contributed by atoms with Crippen LogP contribution >= 0.6 is 31.9 Å². The molecule has 2 aromatic rings. The van der Waals surface area contributed by atoms with Gasteiger partial charge in [-0.05, 0) is 48.4 Å². The molecule has 0 aliphatic rings. The molecule has 0 saturated carbocycles. The fourth-order valence-corrected chi connectivity index (χ4v) is 2.88. The molecule has 0 aromatic heterocycles. The zero-order chi connectivity index (χ0) is 14.5. The summed E-state index contributed by atoms with van der Waals surface area (Å²) in [6.07, 6.45) is 0. The maximum absolute atomic E-state index is 5.74. The first kappa shape index (κ1) is 15.5. The van der Waals surface area contributed by atoms with Crippen LogP contribution in [0.2, 0.25) is 0 Å². The third-order valence-corrected chi connectivity index (χ3v) is 4.18. The lowest BCUT2D eigenvalue weighted by molar-refractivity contribution is 0.340. The monoisotopic (exact) mass is 398 g/mol. The number of nitrogens with one attached hydrogen (secondary N) is 1. The molecule has 20 heavy (non-hydrogen) atoms. The summed E-state index contributed by atoms with van der Waals surface area (Å²) in [5.41, 5.74) is 5.02. The van der Waals surface area contributed by atoms with Gasteiger partial charge in [-0.2, -0.15) is 0 Å². The van der Waals surface area contributed by atoms with Crippen LogP contribution in [0, 0.1) is 0 Å². The quantitative estimate of drug-likeness (QED) is 0.586. The Labute approximate surface area is 135 Å². The van der Waals surface area contributed by atoms with Gasteiger partial charge in [0, 0.05) is 8.95 Å². The van der Waals surface area contributed by atoms with Crippen LogP contribution in [0.3, 0.4) is 0 Å². The SMILES string of the molecule is CCOc1ccc(C(NN)c2cc(Br)ccc2Br)cc1. The fourth-order valence-electron chi connectivity index (χ4n) is 2.02. The Balaban J connectivity index is 2.34. The molecule has 0 bridgehead atoms. The van der Waals surface area contributed by atoms with E-state index in [0.717, 1.165) is 25.8 Å². The topological polar surface area (TPSA) is 47.3 Å². The molecule has 0 aliphatic heterocycles. The Hall–Kier alpha value is -0.880. The van der Waals surface area contributed by atoms with Crippen LogP contribution in [0.5, 0.6) is 5.75 Å². The number of halogens is 2. The van der Waals surface area contributed by atoms with Crippen LogP contribution in [-0.4, -0.2) is 6.61 Å². The largest absolute Gasteiger partial charge is 0.494 e. The van der Waals surface area contributed by atoms with Crippen molar-refractivity contribution in [3.63, 3.8) is 0 Å². The van der Waals surface area contributed by atoms with E-state index < -0.39 is 0 Å². The number of hydrogen-bond donors (Lipinski definition) is 2. The van der Waals surface area contributed by atoms with Crippen molar-refractivity contribution >= 4 is 31.9 Å². The minimum absolute atomic E-state index is 0.0856.